The molecule has 1 aliphatic carbocycles. The number of rotatable bonds is 9. The maximum atomic E-state index is 6.03. The molecule has 1 saturated heterocycles. The molecule has 0 bridgehead atoms. The van der Waals surface area contributed by atoms with E-state index in [2.05, 4.69) is 30.6 Å². The van der Waals surface area contributed by atoms with Crippen molar-refractivity contribution in [2.45, 2.75) is 110 Å². The van der Waals surface area contributed by atoms with Gasteiger partial charge in [0.2, 0.25) is 0 Å². The number of epoxide rings is 1. The fraction of sp³-hybridized carbons (Fsp3) is 0.900. The van der Waals surface area contributed by atoms with E-state index in [1.807, 2.05) is 0 Å². The molecule has 0 radical (unpaired) electrons. The summed E-state index contributed by atoms with van der Waals surface area (Å²) >= 11 is -2.26. The minimum atomic E-state index is -2.26. The van der Waals surface area contributed by atoms with Crippen LogP contribution in [0.2, 0.25) is 13.3 Å². The van der Waals surface area contributed by atoms with E-state index in [9.17, 15) is 0 Å². The van der Waals surface area contributed by atoms with Crippen molar-refractivity contribution in [3.63, 3.8) is 0 Å². The van der Waals surface area contributed by atoms with Crippen LogP contribution in [-0.2, 0) is 4.74 Å². The first-order valence-corrected chi connectivity index (χ1v) is 17.4. The first-order chi connectivity index (χ1) is 10.7. The monoisotopic (exact) mass is 412 g/mol. The summed E-state index contributed by atoms with van der Waals surface area (Å²) in [5.41, 5.74) is 0.0328. The van der Waals surface area contributed by atoms with Crippen LogP contribution in [0.15, 0.2) is 0 Å². The van der Waals surface area contributed by atoms with Gasteiger partial charge in [0.15, 0.2) is 0 Å². The van der Waals surface area contributed by atoms with Gasteiger partial charge in [0.25, 0.3) is 0 Å². The minimum absolute atomic E-state index is 0.0328. The molecule has 0 spiro atoms. The summed E-state index contributed by atoms with van der Waals surface area (Å²) in [4.78, 5) is 0. The molecule has 2 heteroatoms. The quantitative estimate of drug-likeness (QED) is 0.254. The van der Waals surface area contributed by atoms with E-state index in [1.165, 1.54) is 77.5 Å². The molecule has 0 N–H and O–H groups in total. The third kappa shape index (κ3) is 4.91. The van der Waals surface area contributed by atoms with Gasteiger partial charge in [-0.2, -0.15) is 0 Å². The topological polar surface area (TPSA) is 12.5 Å². The second kappa shape index (κ2) is 8.97. The molecule has 1 saturated carbocycles. The van der Waals surface area contributed by atoms with Gasteiger partial charge in [0.05, 0.1) is 0 Å². The van der Waals surface area contributed by atoms with Crippen molar-refractivity contribution in [2.75, 3.05) is 0 Å². The number of unbranched alkanes of at least 4 members (excludes halogenated alkanes) is 3. The second-order valence-corrected chi connectivity index (χ2v) is 19.9. The van der Waals surface area contributed by atoms with Crippen LogP contribution in [0.5, 0.6) is 0 Å². The van der Waals surface area contributed by atoms with Gasteiger partial charge in [-0.15, -0.1) is 0 Å². The van der Waals surface area contributed by atoms with Crippen molar-refractivity contribution in [2.24, 2.45) is 0 Å². The Morgan fingerprint density at radius 2 is 1.55 bits per heavy atom. The molecule has 0 aromatic rings. The number of hydrogen-bond acceptors (Lipinski definition) is 1. The van der Waals surface area contributed by atoms with Crippen LogP contribution in [0.3, 0.4) is 0 Å². The van der Waals surface area contributed by atoms with Crippen LogP contribution in [0.1, 0.15) is 85.0 Å². The van der Waals surface area contributed by atoms with Crippen LogP contribution in [-0.4, -0.2) is 30.1 Å². The van der Waals surface area contributed by atoms with Crippen LogP contribution in [0, 0.1) is 9.86 Å². The van der Waals surface area contributed by atoms with E-state index in [1.54, 1.807) is 0 Å². The summed E-state index contributed by atoms with van der Waals surface area (Å²) in [5.74, 6) is 3.76. The Bertz CT molecular complexity index is 372. The Labute approximate surface area is 142 Å². The summed E-state index contributed by atoms with van der Waals surface area (Å²) in [6, 6.07) is 0. The fourth-order valence-electron chi connectivity index (χ4n) is 3.97. The van der Waals surface area contributed by atoms with Gasteiger partial charge in [-0.25, -0.2) is 0 Å². The maximum absolute atomic E-state index is 6.03. The Morgan fingerprint density at radius 3 is 2.05 bits per heavy atom. The van der Waals surface area contributed by atoms with E-state index in [-0.39, 0.29) is 5.60 Å². The van der Waals surface area contributed by atoms with Gasteiger partial charge in [0, 0.05) is 0 Å². The molecular formula is C20H36OSn. The molecule has 22 heavy (non-hydrogen) atoms. The average Bonchev–Trinajstić information content (AvgIpc) is 3.28. The van der Waals surface area contributed by atoms with Crippen LogP contribution < -0.4 is 0 Å². The number of fused-ring (bicyclic) bond motifs is 1. The van der Waals surface area contributed by atoms with Gasteiger partial charge in [-0.1, -0.05) is 0 Å². The Kier molecular flexibility index (Phi) is 7.61. The van der Waals surface area contributed by atoms with Gasteiger partial charge < -0.3 is 0 Å². The summed E-state index contributed by atoms with van der Waals surface area (Å²) in [5, 5.41) is 0. The van der Waals surface area contributed by atoms with Crippen molar-refractivity contribution in [3.8, 4) is 9.86 Å². The van der Waals surface area contributed by atoms with Gasteiger partial charge >= 0.3 is 143 Å². The van der Waals surface area contributed by atoms with Crippen molar-refractivity contribution in [3.05, 3.63) is 0 Å². The molecule has 2 atom stereocenters. The van der Waals surface area contributed by atoms with E-state index >= 15 is 0 Å². The molecule has 0 amide bonds. The van der Waals surface area contributed by atoms with E-state index in [4.69, 9.17) is 4.74 Å². The fourth-order valence-corrected chi connectivity index (χ4v) is 17.4. The summed E-state index contributed by atoms with van der Waals surface area (Å²) < 4.78 is 14.6. The third-order valence-electron chi connectivity index (χ3n) is 5.65. The summed E-state index contributed by atoms with van der Waals surface area (Å²) in [6.07, 6.45) is 13.9. The van der Waals surface area contributed by atoms with Gasteiger partial charge in [0.1, 0.15) is 0 Å². The van der Waals surface area contributed by atoms with Crippen molar-refractivity contribution in [1.29, 1.82) is 0 Å². The predicted octanol–water partition coefficient (Wildman–Crippen LogP) is 6.09. The van der Waals surface area contributed by atoms with Gasteiger partial charge in [-0.05, 0) is 0 Å². The van der Waals surface area contributed by atoms with Crippen molar-refractivity contribution < 1.29 is 4.74 Å². The number of hydrogen-bond donors (Lipinski definition) is 0. The molecule has 2 fully saturated rings. The molecule has 0 aromatic carbocycles. The molecule has 2 rings (SSSR count). The molecule has 1 nitrogen and oxygen atoms in total. The number of ether oxygens (including phenoxy) is 1. The SMILES string of the molecule is CCC[CH2][Sn]([C]#C[C@@]12CCCC[C@@H]1O2)([CH2]CCC)[CH2]CCC. The normalized spacial score (nSPS) is 27.0. The summed E-state index contributed by atoms with van der Waals surface area (Å²) in [6.45, 7) is 7.01. The average molecular weight is 411 g/mol. The van der Waals surface area contributed by atoms with E-state index in [0.29, 0.717) is 6.10 Å². The van der Waals surface area contributed by atoms with Crippen molar-refractivity contribution >= 4 is 18.4 Å². The first-order valence-electron chi connectivity index (χ1n) is 9.92. The molecule has 126 valence electrons. The molecular weight excluding hydrogens is 375 g/mol. The first kappa shape index (κ1) is 18.7. The summed E-state index contributed by atoms with van der Waals surface area (Å²) in [7, 11) is 0. The van der Waals surface area contributed by atoms with Gasteiger partial charge in [-0.3, -0.25) is 0 Å². The zero-order valence-corrected chi connectivity index (χ0v) is 18.0. The third-order valence-corrected chi connectivity index (χ3v) is 18.7. The molecule has 1 heterocycles. The van der Waals surface area contributed by atoms with E-state index in [0.717, 1.165) is 0 Å². The van der Waals surface area contributed by atoms with Crippen LogP contribution in [0.25, 0.3) is 0 Å². The van der Waals surface area contributed by atoms with Crippen LogP contribution in [0.4, 0.5) is 0 Å². The standard InChI is InChI=1S/C8H9O.3C4H9.Sn/c1-2-8-6-4-3-5-7(8)9-8;3*1-3-4-2;/h7H,3-6H2;3*1,3-4H2,2H3;/t7-,8+;;;;/m0..../s1. The molecule has 2 aliphatic rings. The Balaban J connectivity index is 2.10. The zero-order valence-electron chi connectivity index (χ0n) is 15.2. The molecule has 0 unspecified atom stereocenters. The zero-order chi connectivity index (χ0) is 15.9. The molecule has 0 aromatic heterocycles. The van der Waals surface area contributed by atoms with Crippen LogP contribution >= 0.6 is 0 Å². The predicted molar refractivity (Wildman–Crippen MR) is 98.7 cm³/mol. The Hall–Kier alpha value is 0.319. The molecule has 1 aliphatic heterocycles. The second-order valence-electron chi connectivity index (χ2n) is 7.58. The van der Waals surface area contributed by atoms with Crippen molar-refractivity contribution in [1.82, 2.24) is 0 Å². The van der Waals surface area contributed by atoms with E-state index < -0.39 is 18.4 Å². The Morgan fingerprint density at radius 1 is 0.955 bits per heavy atom.